The number of fused-ring (bicyclic) bond motifs is 1. The Balaban J connectivity index is 1.61. The molecular weight excluding hydrogens is 286 g/mol. The summed E-state index contributed by atoms with van der Waals surface area (Å²) in [5, 5.41) is 8.71. The molecule has 0 unspecified atom stereocenters. The second-order valence-corrected chi connectivity index (χ2v) is 5.72. The number of aromatic nitrogens is 4. The third kappa shape index (κ3) is 3.63. The Morgan fingerprint density at radius 3 is 3.10 bits per heavy atom. The fourth-order valence-electron chi connectivity index (χ4n) is 1.99. The molecule has 3 rings (SSSR count). The van der Waals surface area contributed by atoms with Crippen molar-refractivity contribution >= 4 is 21.6 Å². The molecule has 0 aliphatic heterocycles. The maximum atomic E-state index is 4.98. The minimum Gasteiger partial charge on any atom is -0.383 e. The number of hydrogen-bond acceptors (Lipinski definition) is 6. The zero-order chi connectivity index (χ0) is 14.5. The van der Waals surface area contributed by atoms with E-state index in [2.05, 4.69) is 26.4 Å². The molecule has 7 heteroatoms. The lowest BCUT2D eigenvalue weighted by atomic mass is 10.3. The molecule has 21 heavy (non-hydrogen) atoms. The van der Waals surface area contributed by atoms with Gasteiger partial charge in [-0.05, 0) is 12.1 Å². The van der Waals surface area contributed by atoms with Crippen molar-refractivity contribution in [1.82, 2.24) is 25.1 Å². The Bertz CT molecular complexity index is 675. The first-order valence-electron chi connectivity index (χ1n) is 6.77. The van der Waals surface area contributed by atoms with Crippen LogP contribution in [0.1, 0.15) is 10.8 Å². The molecule has 0 amide bonds. The highest BCUT2D eigenvalue weighted by Gasteiger charge is 2.06. The molecule has 6 nitrogen and oxygen atoms in total. The number of hydrogen-bond donors (Lipinski definition) is 1. The molecular formula is C14H17N5OS. The van der Waals surface area contributed by atoms with Gasteiger partial charge >= 0.3 is 0 Å². The van der Waals surface area contributed by atoms with Crippen LogP contribution in [-0.2, 0) is 17.8 Å². The molecule has 0 fully saturated rings. The predicted octanol–water partition coefficient (Wildman–Crippen LogP) is 1.67. The van der Waals surface area contributed by atoms with E-state index in [0.29, 0.717) is 19.7 Å². The van der Waals surface area contributed by atoms with E-state index in [1.807, 2.05) is 22.9 Å². The van der Waals surface area contributed by atoms with Crippen LogP contribution in [0.15, 0.2) is 30.6 Å². The Hall–Kier alpha value is -1.83. The number of nitrogens with one attached hydrogen (secondary N) is 1. The van der Waals surface area contributed by atoms with Gasteiger partial charge in [0, 0.05) is 13.7 Å². The first-order chi connectivity index (χ1) is 10.3. The molecule has 0 spiro atoms. The van der Waals surface area contributed by atoms with E-state index in [0.717, 1.165) is 22.9 Å². The maximum absolute atomic E-state index is 4.98. The molecule has 0 saturated carbocycles. The number of methoxy groups -OCH3 is 1. The van der Waals surface area contributed by atoms with Crippen molar-refractivity contribution in [2.45, 2.75) is 13.1 Å². The van der Waals surface area contributed by atoms with Crippen LogP contribution in [0.5, 0.6) is 0 Å². The van der Waals surface area contributed by atoms with Crippen molar-refractivity contribution < 1.29 is 4.74 Å². The Labute approximate surface area is 126 Å². The van der Waals surface area contributed by atoms with E-state index in [-0.39, 0.29) is 0 Å². The molecule has 0 bridgehead atoms. The normalized spacial score (nSPS) is 11.3. The molecule has 0 atom stereocenters. The molecule has 2 heterocycles. The van der Waals surface area contributed by atoms with E-state index in [1.54, 1.807) is 24.8 Å². The summed E-state index contributed by atoms with van der Waals surface area (Å²) in [6, 6.07) is 8.15. The number of thiazole rings is 1. The van der Waals surface area contributed by atoms with Crippen LogP contribution in [0.3, 0.4) is 0 Å². The van der Waals surface area contributed by atoms with E-state index < -0.39 is 0 Å². The zero-order valence-electron chi connectivity index (χ0n) is 11.8. The first-order valence-corrected chi connectivity index (χ1v) is 7.59. The molecule has 0 saturated heterocycles. The molecule has 1 aromatic carbocycles. The monoisotopic (exact) mass is 303 g/mol. The lowest BCUT2D eigenvalue weighted by molar-refractivity contribution is 0.199. The van der Waals surface area contributed by atoms with Crippen molar-refractivity contribution in [3.05, 3.63) is 41.4 Å². The van der Waals surface area contributed by atoms with Gasteiger partial charge in [-0.15, -0.1) is 11.3 Å². The van der Waals surface area contributed by atoms with E-state index in [1.165, 1.54) is 4.70 Å². The van der Waals surface area contributed by atoms with Crippen molar-refractivity contribution in [2.24, 2.45) is 0 Å². The summed E-state index contributed by atoms with van der Waals surface area (Å²) < 4.78 is 8.00. The van der Waals surface area contributed by atoms with Crippen LogP contribution >= 0.6 is 11.3 Å². The first kappa shape index (κ1) is 14.1. The summed E-state index contributed by atoms with van der Waals surface area (Å²) in [4.78, 5) is 8.89. The largest absolute Gasteiger partial charge is 0.383 e. The molecule has 1 N–H and O–H groups in total. The average Bonchev–Trinajstić information content (AvgIpc) is 3.10. The van der Waals surface area contributed by atoms with Gasteiger partial charge in [0.15, 0.2) is 5.82 Å². The van der Waals surface area contributed by atoms with Crippen molar-refractivity contribution in [2.75, 3.05) is 20.3 Å². The van der Waals surface area contributed by atoms with Gasteiger partial charge in [-0.25, -0.2) is 14.6 Å². The van der Waals surface area contributed by atoms with Crippen LogP contribution in [-0.4, -0.2) is 40.0 Å². The standard InChI is InChI=1S/C14H17N5OS/c1-20-7-6-15-8-13-16-10-19(18-13)9-14-17-11-4-2-3-5-12(11)21-14/h2-5,10,15H,6-9H2,1H3. The smallest absolute Gasteiger partial charge is 0.164 e. The summed E-state index contributed by atoms with van der Waals surface area (Å²) in [6.45, 7) is 2.79. The van der Waals surface area contributed by atoms with Crippen molar-refractivity contribution in [3.8, 4) is 0 Å². The van der Waals surface area contributed by atoms with Crippen LogP contribution in [0, 0.1) is 0 Å². The summed E-state index contributed by atoms with van der Waals surface area (Å²) >= 11 is 1.69. The van der Waals surface area contributed by atoms with Gasteiger partial charge in [-0.2, -0.15) is 5.10 Å². The Morgan fingerprint density at radius 2 is 2.24 bits per heavy atom. The quantitative estimate of drug-likeness (QED) is 0.673. The average molecular weight is 303 g/mol. The number of benzene rings is 1. The Morgan fingerprint density at radius 1 is 1.33 bits per heavy atom. The van der Waals surface area contributed by atoms with Gasteiger partial charge in [0.25, 0.3) is 0 Å². The molecule has 0 radical (unpaired) electrons. The third-order valence-corrected chi connectivity index (χ3v) is 4.01. The summed E-state index contributed by atoms with van der Waals surface area (Å²) in [5.41, 5.74) is 1.04. The fourth-order valence-corrected chi connectivity index (χ4v) is 2.95. The molecule has 110 valence electrons. The second kappa shape index (κ2) is 6.75. The molecule has 0 aliphatic rings. The van der Waals surface area contributed by atoms with E-state index in [9.17, 15) is 0 Å². The van der Waals surface area contributed by atoms with Crippen LogP contribution in [0.25, 0.3) is 10.2 Å². The zero-order valence-corrected chi connectivity index (χ0v) is 12.6. The maximum Gasteiger partial charge on any atom is 0.164 e. The summed E-state index contributed by atoms with van der Waals surface area (Å²) in [6.07, 6.45) is 1.75. The highest BCUT2D eigenvalue weighted by Crippen LogP contribution is 2.21. The molecule has 3 aromatic rings. The second-order valence-electron chi connectivity index (χ2n) is 4.60. The fraction of sp³-hybridized carbons (Fsp3) is 0.357. The lowest BCUT2D eigenvalue weighted by Gasteiger charge is -2.00. The van der Waals surface area contributed by atoms with Gasteiger partial charge < -0.3 is 10.1 Å². The summed E-state index contributed by atoms with van der Waals surface area (Å²) in [7, 11) is 1.69. The number of nitrogens with zero attached hydrogens (tertiary/aromatic N) is 4. The van der Waals surface area contributed by atoms with Gasteiger partial charge in [-0.1, -0.05) is 12.1 Å². The highest BCUT2D eigenvalue weighted by molar-refractivity contribution is 7.18. The van der Waals surface area contributed by atoms with Gasteiger partial charge in [0.1, 0.15) is 11.3 Å². The van der Waals surface area contributed by atoms with E-state index >= 15 is 0 Å². The highest BCUT2D eigenvalue weighted by atomic mass is 32.1. The summed E-state index contributed by atoms with van der Waals surface area (Å²) in [5.74, 6) is 0.784. The minimum atomic E-state index is 0.649. The third-order valence-electron chi connectivity index (χ3n) is 2.99. The topological polar surface area (TPSA) is 64.9 Å². The minimum absolute atomic E-state index is 0.649. The molecule has 0 aliphatic carbocycles. The van der Waals surface area contributed by atoms with Gasteiger partial charge in [0.05, 0.1) is 29.9 Å². The van der Waals surface area contributed by atoms with E-state index in [4.69, 9.17) is 4.74 Å². The van der Waals surface area contributed by atoms with Crippen LogP contribution in [0.4, 0.5) is 0 Å². The molecule has 2 aromatic heterocycles. The van der Waals surface area contributed by atoms with Crippen LogP contribution < -0.4 is 5.32 Å². The van der Waals surface area contributed by atoms with Gasteiger partial charge in [-0.3, -0.25) is 0 Å². The van der Waals surface area contributed by atoms with Gasteiger partial charge in [0.2, 0.25) is 0 Å². The van der Waals surface area contributed by atoms with Crippen molar-refractivity contribution in [1.29, 1.82) is 0 Å². The van der Waals surface area contributed by atoms with Crippen LogP contribution in [0.2, 0.25) is 0 Å². The van der Waals surface area contributed by atoms with Crippen molar-refractivity contribution in [3.63, 3.8) is 0 Å². The number of ether oxygens (including phenoxy) is 1. The number of para-hydroxylation sites is 1. The Kier molecular flexibility index (Phi) is 4.54. The lowest BCUT2D eigenvalue weighted by Crippen LogP contribution is -2.19. The predicted molar refractivity (Wildman–Crippen MR) is 82.3 cm³/mol. The SMILES string of the molecule is COCCNCc1ncn(Cc2nc3ccccc3s2)n1. The number of rotatable bonds is 7.